The third kappa shape index (κ3) is 33.3. The van der Waals surface area contributed by atoms with E-state index in [0.29, 0.717) is 12.8 Å². The van der Waals surface area contributed by atoms with E-state index in [1.54, 1.807) is 0 Å². The number of rotatable bonds is 33. The van der Waals surface area contributed by atoms with Crippen molar-refractivity contribution in [2.24, 2.45) is 0 Å². The second kappa shape index (κ2) is 33.4. The Hall–Kier alpha value is -1.10. The predicted molar refractivity (Wildman–Crippen MR) is 173 cm³/mol. The Labute approximate surface area is 255 Å². The molecule has 0 aromatic rings. The average molecular weight is 583 g/mol. The van der Waals surface area contributed by atoms with Gasteiger partial charge in [-0.05, 0) is 12.8 Å². The summed E-state index contributed by atoms with van der Waals surface area (Å²) in [5.74, 6) is -0.555. The van der Waals surface area contributed by atoms with Crippen LogP contribution in [0.5, 0.6) is 0 Å². The smallest absolute Gasteiger partial charge is 0.305 e. The lowest BCUT2D eigenvalue weighted by molar-refractivity contribution is -0.152. The highest BCUT2D eigenvalue weighted by Crippen LogP contribution is 2.15. The van der Waals surface area contributed by atoms with E-state index >= 15 is 0 Å². The van der Waals surface area contributed by atoms with Crippen LogP contribution in [-0.2, 0) is 19.1 Å². The molecular weight excluding hydrogens is 512 g/mol. The highest BCUT2D eigenvalue weighted by molar-refractivity contribution is 5.69. The van der Waals surface area contributed by atoms with Crippen molar-refractivity contribution < 1.29 is 24.2 Å². The molecule has 0 radical (unpaired) electrons. The fourth-order valence-corrected chi connectivity index (χ4v) is 5.32. The molecule has 0 spiro atoms. The quantitative estimate of drug-likeness (QED) is 0.0615. The normalized spacial score (nSPS) is 12.0. The molecule has 0 aliphatic carbocycles. The number of carbonyl (C=O) groups is 2. The van der Waals surface area contributed by atoms with E-state index in [4.69, 9.17) is 9.47 Å². The van der Waals surface area contributed by atoms with E-state index in [9.17, 15) is 14.7 Å². The van der Waals surface area contributed by atoms with Gasteiger partial charge in [-0.15, -0.1) is 0 Å². The summed E-state index contributed by atoms with van der Waals surface area (Å²) in [6.45, 7) is 4.30. The molecular formula is C36H70O5. The number of esters is 2. The van der Waals surface area contributed by atoms with Crippen LogP contribution in [0.3, 0.4) is 0 Å². The molecule has 0 aliphatic rings. The number of unbranched alkanes of at least 4 members (excludes halogenated alkanes) is 25. The zero-order valence-corrected chi connectivity index (χ0v) is 27.6. The van der Waals surface area contributed by atoms with Crippen LogP contribution in [0.2, 0.25) is 0 Å². The van der Waals surface area contributed by atoms with E-state index in [1.807, 2.05) is 0 Å². The molecule has 1 N–H and O–H groups in total. The Morgan fingerprint density at radius 1 is 0.415 bits per heavy atom. The summed E-state index contributed by atoms with van der Waals surface area (Å²) in [5, 5.41) is 9.96. The number of hydrogen-bond donors (Lipinski definition) is 1. The lowest BCUT2D eigenvalue weighted by Gasteiger charge is -2.12. The van der Waals surface area contributed by atoms with Crippen LogP contribution in [0.25, 0.3) is 0 Å². The first-order chi connectivity index (χ1) is 20.1. The van der Waals surface area contributed by atoms with Crippen LogP contribution in [0, 0.1) is 0 Å². The fraction of sp³-hybridized carbons (Fsp3) is 0.944. The van der Waals surface area contributed by atoms with E-state index in [2.05, 4.69) is 13.8 Å². The lowest BCUT2D eigenvalue weighted by Crippen LogP contribution is -2.25. The molecule has 0 saturated heterocycles. The molecule has 0 aromatic heterocycles. The first kappa shape index (κ1) is 39.9. The number of aliphatic hydroxyl groups excluding tert-OH is 1. The molecule has 0 unspecified atom stereocenters. The maximum absolute atomic E-state index is 11.9. The van der Waals surface area contributed by atoms with Crippen LogP contribution < -0.4 is 0 Å². The molecule has 0 fully saturated rings. The molecule has 0 amide bonds. The molecule has 0 saturated carbocycles. The van der Waals surface area contributed by atoms with Crippen molar-refractivity contribution in [1.82, 2.24) is 0 Å². The summed E-state index contributed by atoms with van der Waals surface area (Å²) in [5.41, 5.74) is 0. The number of aliphatic hydroxyl groups is 1. The topological polar surface area (TPSA) is 72.8 Å². The highest BCUT2D eigenvalue weighted by Gasteiger charge is 2.12. The van der Waals surface area contributed by atoms with Crippen LogP contribution in [0.15, 0.2) is 0 Å². The van der Waals surface area contributed by atoms with Crippen LogP contribution in [-0.4, -0.2) is 36.4 Å². The summed E-state index contributed by atoms with van der Waals surface area (Å²) in [4.78, 5) is 23.8. The van der Waals surface area contributed by atoms with E-state index in [-0.39, 0.29) is 25.2 Å². The van der Waals surface area contributed by atoms with Gasteiger partial charge in [-0.25, -0.2) is 0 Å². The Morgan fingerprint density at radius 3 is 0.878 bits per heavy atom. The first-order valence-corrected chi connectivity index (χ1v) is 18.1. The monoisotopic (exact) mass is 583 g/mol. The van der Waals surface area contributed by atoms with Gasteiger partial charge in [-0.1, -0.05) is 174 Å². The highest BCUT2D eigenvalue weighted by atomic mass is 16.6. The molecule has 0 aromatic carbocycles. The van der Waals surface area contributed by atoms with Gasteiger partial charge in [0.1, 0.15) is 19.3 Å². The first-order valence-electron chi connectivity index (χ1n) is 18.1. The van der Waals surface area contributed by atoms with Crippen molar-refractivity contribution in [3.8, 4) is 0 Å². The van der Waals surface area contributed by atoms with Crippen LogP contribution in [0.4, 0.5) is 0 Å². The zero-order valence-electron chi connectivity index (χ0n) is 27.6. The van der Waals surface area contributed by atoms with E-state index < -0.39 is 6.10 Å². The van der Waals surface area contributed by atoms with Crippen molar-refractivity contribution in [3.05, 3.63) is 0 Å². The molecule has 244 valence electrons. The van der Waals surface area contributed by atoms with Gasteiger partial charge in [0.25, 0.3) is 0 Å². The molecule has 0 aliphatic heterocycles. The van der Waals surface area contributed by atoms with Gasteiger partial charge in [0.05, 0.1) is 0 Å². The minimum Gasteiger partial charge on any atom is -0.463 e. The van der Waals surface area contributed by atoms with Gasteiger partial charge in [0.15, 0.2) is 0 Å². The van der Waals surface area contributed by atoms with Crippen LogP contribution >= 0.6 is 0 Å². The second-order valence-electron chi connectivity index (χ2n) is 12.4. The molecule has 41 heavy (non-hydrogen) atoms. The standard InChI is InChI=1S/C36H70O5/c1-3-5-7-9-11-13-15-16-17-18-19-20-21-23-25-27-29-31-36(39)41-33-34(37)32-40-35(38)30-28-26-24-22-14-12-10-8-6-4-2/h34,37H,3-33H2,1-2H3/t34-/m0/s1. The van der Waals surface area contributed by atoms with Crippen molar-refractivity contribution in [2.75, 3.05) is 13.2 Å². The maximum atomic E-state index is 11.9. The summed E-state index contributed by atoms with van der Waals surface area (Å²) in [6, 6.07) is 0. The van der Waals surface area contributed by atoms with Crippen LogP contribution in [0.1, 0.15) is 200 Å². The second-order valence-corrected chi connectivity index (χ2v) is 12.4. The number of hydrogen-bond acceptors (Lipinski definition) is 5. The fourth-order valence-electron chi connectivity index (χ4n) is 5.32. The van der Waals surface area contributed by atoms with Gasteiger partial charge in [-0.2, -0.15) is 0 Å². The summed E-state index contributed by atoms with van der Waals surface area (Å²) < 4.78 is 10.3. The van der Waals surface area contributed by atoms with Crippen molar-refractivity contribution in [1.29, 1.82) is 0 Å². The predicted octanol–water partition coefficient (Wildman–Crippen LogP) is 10.8. The van der Waals surface area contributed by atoms with E-state index in [0.717, 1.165) is 25.7 Å². The van der Waals surface area contributed by atoms with Gasteiger partial charge in [0, 0.05) is 12.8 Å². The summed E-state index contributed by atoms with van der Waals surface area (Å²) in [7, 11) is 0. The molecule has 0 rings (SSSR count). The third-order valence-corrected chi connectivity index (χ3v) is 8.09. The lowest BCUT2D eigenvalue weighted by atomic mass is 10.0. The van der Waals surface area contributed by atoms with Gasteiger partial charge in [-0.3, -0.25) is 9.59 Å². The summed E-state index contributed by atoms with van der Waals surface area (Å²) in [6.07, 6.45) is 34.4. The average Bonchev–Trinajstić information content (AvgIpc) is 2.97. The minimum atomic E-state index is -0.953. The molecule has 5 nitrogen and oxygen atoms in total. The van der Waals surface area contributed by atoms with E-state index in [1.165, 1.54) is 148 Å². The third-order valence-electron chi connectivity index (χ3n) is 8.09. The maximum Gasteiger partial charge on any atom is 0.305 e. The van der Waals surface area contributed by atoms with Crippen molar-refractivity contribution >= 4 is 11.9 Å². The molecule has 0 bridgehead atoms. The van der Waals surface area contributed by atoms with Crippen molar-refractivity contribution in [2.45, 2.75) is 206 Å². The Bertz CT molecular complexity index is 550. The SMILES string of the molecule is CCCCCCCCCCCCCCCCCCCC(=O)OC[C@@H](O)COC(=O)CCCCCCCCCCCC. The zero-order chi connectivity index (χ0) is 30.1. The summed E-state index contributed by atoms with van der Waals surface area (Å²) >= 11 is 0. The Morgan fingerprint density at radius 2 is 0.634 bits per heavy atom. The largest absolute Gasteiger partial charge is 0.463 e. The molecule has 5 heteroatoms. The van der Waals surface area contributed by atoms with Crippen molar-refractivity contribution in [3.63, 3.8) is 0 Å². The number of carbonyl (C=O) groups excluding carboxylic acids is 2. The minimum absolute atomic E-state index is 0.108. The molecule has 1 atom stereocenters. The molecule has 0 heterocycles. The van der Waals surface area contributed by atoms with Gasteiger partial charge < -0.3 is 14.6 Å². The Kier molecular flexibility index (Phi) is 32.5. The van der Waals surface area contributed by atoms with Gasteiger partial charge in [0.2, 0.25) is 0 Å². The van der Waals surface area contributed by atoms with Gasteiger partial charge >= 0.3 is 11.9 Å². The Balaban J connectivity index is 3.37. The number of ether oxygens (including phenoxy) is 2.